The normalized spacial score (nSPS) is 20.6. The Bertz CT molecular complexity index is 1810. The minimum absolute atomic E-state index is 0.00575. The van der Waals surface area contributed by atoms with Crippen LogP contribution in [0.5, 0.6) is 5.75 Å². The fourth-order valence-electron chi connectivity index (χ4n) is 6.15. The number of para-hydroxylation sites is 1. The molecule has 0 bridgehead atoms. The summed E-state index contributed by atoms with van der Waals surface area (Å²) in [4.78, 5) is 37.7. The van der Waals surface area contributed by atoms with Crippen molar-refractivity contribution in [1.29, 1.82) is 0 Å². The fraction of sp³-hybridized carbons (Fsp3) is 0.379. The number of nitrogens with one attached hydrogen (secondary N) is 2. The van der Waals surface area contributed by atoms with Crippen molar-refractivity contribution in [2.24, 2.45) is 48.2 Å². The molecule has 1 spiro atoms. The summed E-state index contributed by atoms with van der Waals surface area (Å²) < 4.78 is 8.02. The zero-order valence-corrected chi connectivity index (χ0v) is 26.2. The smallest absolute Gasteiger partial charge is 0.276 e. The predicted molar refractivity (Wildman–Crippen MR) is 173 cm³/mol. The highest BCUT2D eigenvalue weighted by Crippen LogP contribution is 2.32. The molecule has 2 aromatic rings. The minimum atomic E-state index is -1.10. The fourth-order valence-corrected chi connectivity index (χ4v) is 6.33. The van der Waals surface area contributed by atoms with Crippen molar-refractivity contribution in [1.82, 2.24) is 25.1 Å². The van der Waals surface area contributed by atoms with Gasteiger partial charge in [0.15, 0.2) is 22.9 Å². The molecule has 8 N–H and O–H groups in total. The van der Waals surface area contributed by atoms with Gasteiger partial charge < -0.3 is 31.2 Å². The molecular weight excluding hydrogens is 628 g/mol. The molecule has 2 amide bonds. The van der Waals surface area contributed by atoms with Crippen LogP contribution < -0.4 is 43.5 Å². The molecule has 1 atom stereocenters. The molecule has 6 rings (SSSR count). The van der Waals surface area contributed by atoms with Gasteiger partial charge in [-0.2, -0.15) is 0 Å². The summed E-state index contributed by atoms with van der Waals surface area (Å²) in [6.45, 7) is 2.57. The van der Waals surface area contributed by atoms with Gasteiger partial charge in [-0.1, -0.05) is 46.3 Å². The molecule has 1 unspecified atom stereocenters. The number of carbonyl (C=O) groups excluding carboxylic acids is 2. The average Bonchev–Trinajstić information content (AvgIpc) is 3.62. The molecule has 18 heteroatoms. The number of aromatic nitrogens is 1. The van der Waals surface area contributed by atoms with E-state index in [1.54, 1.807) is 0 Å². The van der Waals surface area contributed by atoms with Crippen LogP contribution in [0.2, 0.25) is 0 Å². The van der Waals surface area contributed by atoms with Gasteiger partial charge in [0.25, 0.3) is 5.91 Å². The number of likely N-dealkylation sites (tertiary alicyclic amines) is 1. The van der Waals surface area contributed by atoms with Gasteiger partial charge in [-0.15, -0.1) is 10.2 Å². The van der Waals surface area contributed by atoms with Crippen LogP contribution in [-0.4, -0.2) is 75.9 Å². The van der Waals surface area contributed by atoms with E-state index >= 15 is 0 Å². The number of hydrogen-bond donors (Lipinski definition) is 5. The lowest BCUT2D eigenvalue weighted by molar-refractivity contribution is -0.126. The second-order valence-corrected chi connectivity index (χ2v) is 11.7. The van der Waals surface area contributed by atoms with Crippen molar-refractivity contribution in [3.63, 3.8) is 0 Å². The van der Waals surface area contributed by atoms with E-state index in [0.29, 0.717) is 52.0 Å². The standard InChI is InChI=1S/C29H35ClN14O3/c30-23-25(39-41-32)35-24(38-40-31)22(34-23)26(45)36-28-37-29(17-44(28)33)10-13-43(14-11-29)27(46)20-7-4-8-21-19(20)9-12-42(21)15-16-47-18-5-2-1-3-6-18/h1-3,5-6,8-9,12,24,35H,4,7,10-11,13-17,33H2,(H2,31,38)(H2,32,39)(H,36,37,45). The molecule has 1 saturated heterocycles. The lowest BCUT2D eigenvalue weighted by Gasteiger charge is -2.37. The zero-order valence-electron chi connectivity index (χ0n) is 25.4. The molecule has 1 aliphatic carbocycles. The van der Waals surface area contributed by atoms with E-state index < -0.39 is 17.6 Å². The molecule has 3 aliphatic heterocycles. The number of benzene rings is 1. The van der Waals surface area contributed by atoms with Gasteiger partial charge in [0.1, 0.15) is 12.4 Å². The van der Waals surface area contributed by atoms with Crippen LogP contribution >= 0.6 is 11.6 Å². The van der Waals surface area contributed by atoms with Gasteiger partial charge in [0.2, 0.25) is 11.9 Å². The summed E-state index contributed by atoms with van der Waals surface area (Å²) in [5, 5.41) is 22.4. The largest absolute Gasteiger partial charge is 0.492 e. The molecule has 1 fully saturated rings. The van der Waals surface area contributed by atoms with Crippen LogP contribution in [0.15, 0.2) is 84.2 Å². The number of fused-ring (bicyclic) bond motifs is 1. The van der Waals surface area contributed by atoms with E-state index in [1.807, 2.05) is 47.5 Å². The quantitative estimate of drug-likeness (QED) is 0.109. The number of carbonyl (C=O) groups is 2. The van der Waals surface area contributed by atoms with E-state index in [9.17, 15) is 9.59 Å². The van der Waals surface area contributed by atoms with Crippen molar-refractivity contribution in [2.75, 3.05) is 26.2 Å². The number of guanidine groups is 1. The highest BCUT2D eigenvalue weighted by Gasteiger charge is 2.43. The maximum Gasteiger partial charge on any atom is 0.276 e. The number of amides is 2. The highest BCUT2D eigenvalue weighted by molar-refractivity contribution is 6.45. The van der Waals surface area contributed by atoms with Crippen molar-refractivity contribution in [2.45, 2.75) is 43.9 Å². The Balaban J connectivity index is 1.11. The lowest BCUT2D eigenvalue weighted by atomic mass is 9.88. The first-order valence-corrected chi connectivity index (χ1v) is 15.4. The van der Waals surface area contributed by atoms with Crippen LogP contribution in [0.25, 0.3) is 11.6 Å². The van der Waals surface area contributed by atoms with E-state index in [2.05, 4.69) is 46.9 Å². The van der Waals surface area contributed by atoms with Crippen LogP contribution in [0.4, 0.5) is 0 Å². The summed E-state index contributed by atoms with van der Waals surface area (Å²) in [6.07, 6.45) is 5.72. The minimum Gasteiger partial charge on any atom is -0.492 e. The first-order chi connectivity index (χ1) is 22.8. The van der Waals surface area contributed by atoms with Crippen LogP contribution in [0, 0.1) is 0 Å². The van der Waals surface area contributed by atoms with Gasteiger partial charge in [-0.3, -0.25) is 19.9 Å². The zero-order chi connectivity index (χ0) is 33.0. The Morgan fingerprint density at radius 3 is 2.68 bits per heavy atom. The number of ether oxygens (including phenoxy) is 1. The molecule has 0 radical (unpaired) electrons. The predicted octanol–water partition coefficient (Wildman–Crippen LogP) is -0.298. The lowest BCUT2D eigenvalue weighted by Crippen LogP contribution is -2.53. The maximum atomic E-state index is 13.8. The molecule has 1 aromatic heterocycles. The number of aliphatic imine (C=N–C) groups is 2. The van der Waals surface area contributed by atoms with Gasteiger partial charge >= 0.3 is 0 Å². The summed E-state index contributed by atoms with van der Waals surface area (Å²) in [6, 6.07) is 11.7. The van der Waals surface area contributed by atoms with Crippen LogP contribution in [0.1, 0.15) is 25.7 Å². The van der Waals surface area contributed by atoms with Gasteiger partial charge in [0.05, 0.1) is 18.6 Å². The first kappa shape index (κ1) is 31.7. The Kier molecular flexibility index (Phi) is 9.17. The summed E-state index contributed by atoms with van der Waals surface area (Å²) >= 11 is 6.12. The topological polar surface area (TPSA) is 231 Å². The molecule has 4 aliphatic rings. The van der Waals surface area contributed by atoms with Crippen molar-refractivity contribution >= 4 is 46.7 Å². The Hall–Kier alpha value is -5.29. The molecule has 1 aromatic carbocycles. The monoisotopic (exact) mass is 662 g/mol. The van der Waals surface area contributed by atoms with Gasteiger partial charge in [0, 0.05) is 35.4 Å². The summed E-state index contributed by atoms with van der Waals surface area (Å²) in [7, 11) is 0. The van der Waals surface area contributed by atoms with Crippen molar-refractivity contribution in [3.05, 3.63) is 64.1 Å². The molecule has 4 heterocycles. The average molecular weight is 663 g/mol. The number of nitrogens with zero attached hydrogens (tertiary/aromatic N) is 9. The van der Waals surface area contributed by atoms with E-state index in [4.69, 9.17) is 38.9 Å². The number of hydrazine groups is 1. The maximum absolute atomic E-state index is 13.8. The van der Waals surface area contributed by atoms with E-state index in [0.717, 1.165) is 28.3 Å². The number of rotatable bonds is 8. The van der Waals surface area contributed by atoms with Gasteiger partial charge in [-0.05, 0) is 43.9 Å². The second kappa shape index (κ2) is 13.6. The third kappa shape index (κ3) is 6.66. The first-order valence-electron chi connectivity index (χ1n) is 15.1. The summed E-state index contributed by atoms with van der Waals surface area (Å²) in [5.74, 6) is 16.9. The van der Waals surface area contributed by atoms with Gasteiger partial charge in [-0.25, -0.2) is 15.8 Å². The number of piperidine rings is 1. The van der Waals surface area contributed by atoms with Crippen molar-refractivity contribution in [3.8, 4) is 5.75 Å². The SMILES string of the molecule is NN=NC1=C(Cl)N=C(C(=O)NC2=NC3(CCN(C(=O)C4=c5ccn(CCOc6ccccc6)c5=CCC4)CC3)CN2N)C(N=NN)N1. The number of nitrogens with two attached hydrogens (primary N) is 3. The molecule has 0 saturated carbocycles. The molecule has 47 heavy (non-hydrogen) atoms. The Morgan fingerprint density at radius 1 is 1.15 bits per heavy atom. The molecule has 17 nitrogen and oxygen atoms in total. The highest BCUT2D eigenvalue weighted by atomic mass is 35.5. The third-order valence-electron chi connectivity index (χ3n) is 8.47. The Morgan fingerprint density at radius 2 is 1.94 bits per heavy atom. The van der Waals surface area contributed by atoms with Crippen LogP contribution in [-0.2, 0) is 16.1 Å². The van der Waals surface area contributed by atoms with E-state index in [-0.39, 0.29) is 28.6 Å². The third-order valence-corrected chi connectivity index (χ3v) is 8.73. The molecule has 246 valence electrons. The second-order valence-electron chi connectivity index (χ2n) is 11.4. The summed E-state index contributed by atoms with van der Waals surface area (Å²) in [5.41, 5.74) is 0.109. The van der Waals surface area contributed by atoms with E-state index in [1.165, 1.54) is 5.01 Å². The van der Waals surface area contributed by atoms with Crippen molar-refractivity contribution < 1.29 is 14.3 Å². The number of halogens is 1. The number of hydrogen-bond acceptors (Lipinski definition) is 12. The Labute approximate surface area is 274 Å². The van der Waals surface area contributed by atoms with Crippen LogP contribution in [0.3, 0.4) is 0 Å². The molecular formula is C29H35ClN14O3.